The summed E-state index contributed by atoms with van der Waals surface area (Å²) in [4.78, 5) is 14.3. The van der Waals surface area contributed by atoms with E-state index in [9.17, 15) is 9.90 Å². The second-order valence-corrected chi connectivity index (χ2v) is 7.00. The summed E-state index contributed by atoms with van der Waals surface area (Å²) >= 11 is 0. The first-order chi connectivity index (χ1) is 10.5. The minimum Gasteiger partial charge on any atom is -0.445 e. The summed E-state index contributed by atoms with van der Waals surface area (Å²) in [5.74, 6) is 0.220. The van der Waals surface area contributed by atoms with E-state index in [1.807, 2.05) is 35.2 Å². The monoisotopic (exact) mass is 303 g/mol. The van der Waals surface area contributed by atoms with Crippen LogP contribution in [0.2, 0.25) is 0 Å². The van der Waals surface area contributed by atoms with Crippen molar-refractivity contribution in [1.82, 2.24) is 4.90 Å². The van der Waals surface area contributed by atoms with Crippen molar-refractivity contribution < 1.29 is 14.6 Å². The Bertz CT molecular complexity index is 514. The summed E-state index contributed by atoms with van der Waals surface area (Å²) in [5, 5.41) is 10.8. The first-order valence-electron chi connectivity index (χ1n) is 8.21. The van der Waals surface area contributed by atoms with Gasteiger partial charge >= 0.3 is 6.09 Å². The number of carbonyl (C=O) groups excluding carboxylic acids is 1. The van der Waals surface area contributed by atoms with Gasteiger partial charge in [-0.05, 0) is 37.2 Å². The summed E-state index contributed by atoms with van der Waals surface area (Å²) < 4.78 is 5.48. The van der Waals surface area contributed by atoms with Gasteiger partial charge in [0.15, 0.2) is 0 Å². The van der Waals surface area contributed by atoms with Crippen LogP contribution in [-0.2, 0) is 11.3 Å². The minimum atomic E-state index is -0.637. The summed E-state index contributed by atoms with van der Waals surface area (Å²) in [7, 11) is 0. The van der Waals surface area contributed by atoms with Gasteiger partial charge in [0.2, 0.25) is 0 Å². The largest absolute Gasteiger partial charge is 0.445 e. The number of amides is 1. The van der Waals surface area contributed by atoms with Crippen LogP contribution < -0.4 is 0 Å². The van der Waals surface area contributed by atoms with Gasteiger partial charge in [0.1, 0.15) is 6.61 Å². The molecule has 2 heterocycles. The number of rotatable bonds is 3. The van der Waals surface area contributed by atoms with E-state index < -0.39 is 5.60 Å². The molecule has 0 radical (unpaired) electrons. The smallest absolute Gasteiger partial charge is 0.410 e. The number of carbonyl (C=O) groups is 1. The average Bonchev–Trinajstić information content (AvgIpc) is 2.78. The van der Waals surface area contributed by atoms with E-state index in [1.54, 1.807) is 0 Å². The van der Waals surface area contributed by atoms with Crippen molar-refractivity contribution in [2.45, 2.75) is 63.8 Å². The van der Waals surface area contributed by atoms with E-state index in [1.165, 1.54) is 0 Å². The number of ether oxygens (including phenoxy) is 1. The lowest BCUT2D eigenvalue weighted by Crippen LogP contribution is -2.55. The fraction of sp³-hybridized carbons (Fsp3) is 0.611. The Morgan fingerprint density at radius 3 is 2.41 bits per heavy atom. The zero-order chi connectivity index (χ0) is 15.7. The molecule has 0 aliphatic carbocycles. The Labute approximate surface area is 132 Å². The van der Waals surface area contributed by atoms with E-state index in [0.717, 1.165) is 18.4 Å². The molecule has 2 aliphatic heterocycles. The molecule has 1 amide bonds. The van der Waals surface area contributed by atoms with Crippen LogP contribution in [0.15, 0.2) is 30.3 Å². The van der Waals surface area contributed by atoms with Crippen LogP contribution in [0.3, 0.4) is 0 Å². The third-order valence-corrected chi connectivity index (χ3v) is 5.29. The van der Waals surface area contributed by atoms with Gasteiger partial charge in [-0.1, -0.05) is 44.2 Å². The normalized spacial score (nSPS) is 30.6. The number of hydrogen-bond acceptors (Lipinski definition) is 3. The fourth-order valence-electron chi connectivity index (χ4n) is 3.82. The van der Waals surface area contributed by atoms with Crippen LogP contribution in [0.4, 0.5) is 4.79 Å². The van der Waals surface area contributed by atoms with Crippen LogP contribution in [-0.4, -0.2) is 33.8 Å². The molecule has 0 saturated carbocycles. The van der Waals surface area contributed by atoms with E-state index in [0.29, 0.717) is 19.4 Å². The molecular formula is C18H25NO3. The first kappa shape index (κ1) is 15.3. The quantitative estimate of drug-likeness (QED) is 0.931. The SMILES string of the molecule is CC(C)C1(O)C[C@H]2CC[C@@H](C1)N2C(=O)OCc1ccccc1. The van der Waals surface area contributed by atoms with E-state index in [2.05, 4.69) is 13.8 Å². The van der Waals surface area contributed by atoms with Crippen molar-refractivity contribution in [1.29, 1.82) is 0 Å². The lowest BCUT2D eigenvalue weighted by atomic mass is 9.78. The summed E-state index contributed by atoms with van der Waals surface area (Å²) in [5.41, 5.74) is 0.362. The number of benzene rings is 1. The Morgan fingerprint density at radius 1 is 1.27 bits per heavy atom. The van der Waals surface area contributed by atoms with Crippen molar-refractivity contribution in [2.75, 3.05) is 0 Å². The summed E-state index contributed by atoms with van der Waals surface area (Å²) in [6.45, 7) is 4.43. The highest BCUT2D eigenvalue weighted by molar-refractivity contribution is 5.69. The third kappa shape index (κ3) is 2.84. The lowest BCUT2D eigenvalue weighted by Gasteiger charge is -2.45. The maximum Gasteiger partial charge on any atom is 0.410 e. The van der Waals surface area contributed by atoms with Crippen molar-refractivity contribution >= 4 is 6.09 Å². The second kappa shape index (κ2) is 5.92. The molecule has 3 rings (SSSR count). The van der Waals surface area contributed by atoms with Crippen LogP contribution in [0.1, 0.15) is 45.1 Å². The molecular weight excluding hydrogens is 278 g/mol. The highest BCUT2D eigenvalue weighted by atomic mass is 16.6. The van der Waals surface area contributed by atoms with Gasteiger partial charge in [-0.15, -0.1) is 0 Å². The maximum atomic E-state index is 12.4. The van der Waals surface area contributed by atoms with E-state index in [4.69, 9.17) is 4.74 Å². The van der Waals surface area contributed by atoms with Gasteiger partial charge in [-0.3, -0.25) is 0 Å². The molecule has 22 heavy (non-hydrogen) atoms. The molecule has 2 saturated heterocycles. The zero-order valence-corrected chi connectivity index (χ0v) is 13.4. The topological polar surface area (TPSA) is 49.8 Å². The lowest BCUT2D eigenvalue weighted by molar-refractivity contribution is -0.0782. The summed E-state index contributed by atoms with van der Waals surface area (Å²) in [6, 6.07) is 9.98. The van der Waals surface area contributed by atoms with Crippen LogP contribution in [0.25, 0.3) is 0 Å². The molecule has 2 aliphatic rings. The first-order valence-corrected chi connectivity index (χ1v) is 8.21. The predicted octanol–water partition coefficient (Wildman–Crippen LogP) is 3.34. The molecule has 2 bridgehead atoms. The van der Waals surface area contributed by atoms with Crippen LogP contribution in [0, 0.1) is 5.92 Å². The molecule has 1 aromatic rings. The Kier molecular flexibility index (Phi) is 4.13. The molecule has 4 heteroatoms. The zero-order valence-electron chi connectivity index (χ0n) is 13.4. The van der Waals surface area contributed by atoms with Crippen LogP contribution in [0.5, 0.6) is 0 Å². The number of fused-ring (bicyclic) bond motifs is 2. The molecule has 4 nitrogen and oxygen atoms in total. The molecule has 1 aromatic carbocycles. The van der Waals surface area contributed by atoms with Gasteiger partial charge in [0.05, 0.1) is 5.60 Å². The standard InChI is InChI=1S/C18H25NO3/c1-13(2)18(21)10-15-8-9-16(11-18)19(15)17(20)22-12-14-6-4-3-5-7-14/h3-7,13,15-16,21H,8-12H2,1-2H3/t15-,16+,18?. The van der Waals surface area contributed by atoms with Gasteiger partial charge in [0, 0.05) is 12.1 Å². The predicted molar refractivity (Wildman–Crippen MR) is 84.3 cm³/mol. The molecule has 2 fully saturated rings. The average molecular weight is 303 g/mol. The van der Waals surface area contributed by atoms with Crippen molar-refractivity contribution in [3.8, 4) is 0 Å². The third-order valence-electron chi connectivity index (χ3n) is 5.29. The van der Waals surface area contributed by atoms with Gasteiger partial charge in [-0.2, -0.15) is 0 Å². The van der Waals surface area contributed by atoms with Crippen molar-refractivity contribution in [3.05, 3.63) is 35.9 Å². The highest BCUT2D eigenvalue weighted by Gasteiger charge is 2.50. The Morgan fingerprint density at radius 2 is 1.86 bits per heavy atom. The van der Waals surface area contributed by atoms with Gasteiger partial charge < -0.3 is 14.7 Å². The number of nitrogens with zero attached hydrogens (tertiary/aromatic N) is 1. The Hall–Kier alpha value is -1.55. The molecule has 1 unspecified atom stereocenters. The minimum absolute atomic E-state index is 0.120. The summed E-state index contributed by atoms with van der Waals surface area (Å²) in [6.07, 6.45) is 3.05. The number of aliphatic hydroxyl groups is 1. The maximum absolute atomic E-state index is 12.4. The van der Waals surface area contributed by atoms with E-state index in [-0.39, 0.29) is 24.1 Å². The molecule has 0 aromatic heterocycles. The second-order valence-electron chi connectivity index (χ2n) is 7.00. The Balaban J connectivity index is 1.63. The molecule has 3 atom stereocenters. The van der Waals surface area contributed by atoms with E-state index >= 15 is 0 Å². The van der Waals surface area contributed by atoms with Crippen molar-refractivity contribution in [3.63, 3.8) is 0 Å². The highest BCUT2D eigenvalue weighted by Crippen LogP contribution is 2.44. The molecule has 0 spiro atoms. The van der Waals surface area contributed by atoms with Crippen LogP contribution >= 0.6 is 0 Å². The fourth-order valence-corrected chi connectivity index (χ4v) is 3.82. The number of hydrogen-bond donors (Lipinski definition) is 1. The van der Waals surface area contributed by atoms with Crippen molar-refractivity contribution in [2.24, 2.45) is 5.92 Å². The number of piperidine rings is 1. The van der Waals surface area contributed by atoms with Gasteiger partial charge in [-0.25, -0.2) is 4.79 Å². The molecule has 1 N–H and O–H groups in total. The molecule has 120 valence electrons. The van der Waals surface area contributed by atoms with Gasteiger partial charge in [0.25, 0.3) is 0 Å².